The van der Waals surface area contributed by atoms with Crippen LogP contribution in [0, 0.1) is 10.8 Å². The van der Waals surface area contributed by atoms with E-state index in [1.807, 2.05) is 26.8 Å². The van der Waals surface area contributed by atoms with E-state index in [1.165, 1.54) is 0 Å². The maximum absolute atomic E-state index is 11.8. The van der Waals surface area contributed by atoms with Crippen LogP contribution in [0.15, 0.2) is 23.3 Å². The maximum atomic E-state index is 11.8. The molecule has 0 N–H and O–H groups in total. The lowest BCUT2D eigenvalue weighted by Crippen LogP contribution is -2.40. The Morgan fingerprint density at radius 3 is 1.94 bits per heavy atom. The molecule has 1 aliphatic carbocycles. The van der Waals surface area contributed by atoms with Crippen molar-refractivity contribution in [2.75, 3.05) is 0 Å². The van der Waals surface area contributed by atoms with Gasteiger partial charge in [0, 0.05) is 0 Å². The van der Waals surface area contributed by atoms with Crippen molar-refractivity contribution < 1.29 is 9.90 Å². The minimum absolute atomic E-state index is 0.0835. The summed E-state index contributed by atoms with van der Waals surface area (Å²) in [5.41, 5.74) is 1.28. The molecule has 0 aromatic carbocycles. The van der Waals surface area contributed by atoms with E-state index in [2.05, 4.69) is 20.8 Å². The van der Waals surface area contributed by atoms with Crippen molar-refractivity contribution in [3.05, 3.63) is 23.3 Å². The number of hydrogen-bond acceptors (Lipinski definition) is 2. The predicted molar refractivity (Wildman–Crippen MR) is 63.9 cm³/mol. The first-order valence-electron chi connectivity index (χ1n) is 5.68. The minimum atomic E-state index is -1.23. The van der Waals surface area contributed by atoms with Gasteiger partial charge in [-0.3, -0.25) is 4.79 Å². The number of Topliss-reactive ketones (excluding diaryl/α,β-unsaturated/α-hetero) is 1. The van der Waals surface area contributed by atoms with Crippen molar-refractivity contribution in [1.82, 2.24) is 0 Å². The highest BCUT2D eigenvalue weighted by Gasteiger charge is 2.29. The second-order valence-electron chi connectivity index (χ2n) is 6.46. The van der Waals surface area contributed by atoms with E-state index in [9.17, 15) is 9.90 Å². The zero-order valence-corrected chi connectivity index (χ0v) is 11.0. The zero-order valence-electron chi connectivity index (χ0n) is 11.0. The number of carbonyl (C=O) groups is 1. The summed E-state index contributed by atoms with van der Waals surface area (Å²) in [5, 5.41) is 11.7. The van der Waals surface area contributed by atoms with Crippen molar-refractivity contribution in [2.24, 2.45) is 10.8 Å². The first-order valence-corrected chi connectivity index (χ1v) is 5.68. The molecule has 0 aromatic heterocycles. The molecule has 0 aliphatic heterocycles. The Kier molecular flexibility index (Phi) is 3.17. The van der Waals surface area contributed by atoms with Crippen LogP contribution in [0.1, 0.15) is 41.5 Å². The summed E-state index contributed by atoms with van der Waals surface area (Å²) in [5.74, 6) is -0.277. The molecule has 0 amide bonds. The Morgan fingerprint density at radius 2 is 1.56 bits per heavy atom. The summed E-state index contributed by atoms with van der Waals surface area (Å²) in [7, 11) is 0. The second kappa shape index (κ2) is 3.85. The normalized spacial score (nSPS) is 22.9. The highest BCUT2D eigenvalue weighted by molar-refractivity contribution is 6.02. The molecule has 2 nitrogen and oxygen atoms in total. The molecule has 0 saturated heterocycles. The minimum Gasteiger partial charge on any atom is -0.843 e. The van der Waals surface area contributed by atoms with Crippen molar-refractivity contribution in [2.45, 2.75) is 47.6 Å². The largest absolute Gasteiger partial charge is 0.843 e. The van der Waals surface area contributed by atoms with E-state index in [4.69, 9.17) is 0 Å². The molecule has 16 heavy (non-hydrogen) atoms. The fourth-order valence-corrected chi connectivity index (χ4v) is 1.72. The Labute approximate surface area is 98.1 Å². The SMILES string of the molecule is CC(C)(C)C1=CC([O-])C(=O)C(C(C)(C)C)=C1. The van der Waals surface area contributed by atoms with Crippen molar-refractivity contribution in [3.63, 3.8) is 0 Å². The van der Waals surface area contributed by atoms with Gasteiger partial charge in [0.25, 0.3) is 0 Å². The maximum Gasteiger partial charge on any atom is 0.149 e. The molecular formula is C14H21O2-. The summed E-state index contributed by atoms with van der Waals surface area (Å²) in [6.45, 7) is 12.1. The summed E-state index contributed by atoms with van der Waals surface area (Å²) in [4.78, 5) is 11.8. The fourth-order valence-electron chi connectivity index (χ4n) is 1.72. The molecule has 1 aliphatic rings. The van der Waals surface area contributed by atoms with Gasteiger partial charge in [0.15, 0.2) is 0 Å². The van der Waals surface area contributed by atoms with Gasteiger partial charge in [0.1, 0.15) is 5.78 Å². The second-order valence-corrected chi connectivity index (χ2v) is 6.46. The Hall–Kier alpha value is -0.890. The topological polar surface area (TPSA) is 40.1 Å². The van der Waals surface area contributed by atoms with Crippen molar-refractivity contribution in [1.29, 1.82) is 0 Å². The number of ketones is 1. The van der Waals surface area contributed by atoms with Crippen LogP contribution in [0.4, 0.5) is 0 Å². The molecule has 1 rings (SSSR count). The fraction of sp³-hybridized carbons (Fsp3) is 0.643. The third kappa shape index (κ3) is 2.62. The highest BCUT2D eigenvalue weighted by Crippen LogP contribution is 2.36. The van der Waals surface area contributed by atoms with E-state index < -0.39 is 6.10 Å². The van der Waals surface area contributed by atoms with Crippen molar-refractivity contribution in [3.8, 4) is 0 Å². The average molecular weight is 221 g/mol. The molecule has 0 fully saturated rings. The number of hydrogen-bond donors (Lipinski definition) is 0. The molecular weight excluding hydrogens is 200 g/mol. The van der Waals surface area contributed by atoms with Crippen LogP contribution in [-0.4, -0.2) is 11.9 Å². The number of carbonyl (C=O) groups excluding carboxylic acids is 1. The van der Waals surface area contributed by atoms with Gasteiger partial charge in [0.05, 0.1) is 0 Å². The molecule has 1 atom stereocenters. The van der Waals surface area contributed by atoms with Gasteiger partial charge >= 0.3 is 0 Å². The molecule has 0 heterocycles. The van der Waals surface area contributed by atoms with Crippen LogP contribution in [0.3, 0.4) is 0 Å². The Bertz CT molecular complexity index is 359. The Morgan fingerprint density at radius 1 is 1.06 bits per heavy atom. The number of allylic oxidation sites excluding steroid dienone is 2. The molecule has 0 bridgehead atoms. The van der Waals surface area contributed by atoms with E-state index in [-0.39, 0.29) is 16.6 Å². The lowest BCUT2D eigenvalue weighted by Gasteiger charge is -2.35. The van der Waals surface area contributed by atoms with E-state index in [0.29, 0.717) is 5.57 Å². The lowest BCUT2D eigenvalue weighted by molar-refractivity contribution is -0.387. The molecule has 0 radical (unpaired) electrons. The highest BCUT2D eigenvalue weighted by atomic mass is 16.3. The van der Waals surface area contributed by atoms with Gasteiger partial charge in [-0.05, 0) is 28.1 Å². The summed E-state index contributed by atoms with van der Waals surface area (Å²) in [6.07, 6.45) is 2.22. The van der Waals surface area contributed by atoms with Crippen LogP contribution in [0.5, 0.6) is 0 Å². The van der Waals surface area contributed by atoms with Gasteiger partial charge in [-0.25, -0.2) is 0 Å². The zero-order chi connectivity index (χ0) is 12.7. The first-order chi connectivity index (χ1) is 7.03. The average Bonchev–Trinajstić information content (AvgIpc) is 2.05. The third-order valence-corrected chi connectivity index (χ3v) is 2.83. The van der Waals surface area contributed by atoms with Crippen LogP contribution in [-0.2, 0) is 4.79 Å². The van der Waals surface area contributed by atoms with Gasteiger partial charge in [-0.1, -0.05) is 53.7 Å². The predicted octanol–water partition coefficient (Wildman–Crippen LogP) is 2.24. The lowest BCUT2D eigenvalue weighted by atomic mass is 9.74. The third-order valence-electron chi connectivity index (χ3n) is 2.83. The summed E-state index contributed by atoms with van der Waals surface area (Å²) in [6, 6.07) is 0. The molecule has 0 aromatic rings. The molecule has 0 spiro atoms. The van der Waals surface area contributed by atoms with E-state index in [1.54, 1.807) is 6.08 Å². The van der Waals surface area contributed by atoms with Crippen LogP contribution < -0.4 is 5.11 Å². The molecule has 90 valence electrons. The van der Waals surface area contributed by atoms with Crippen LogP contribution >= 0.6 is 0 Å². The Balaban J connectivity index is 3.23. The monoisotopic (exact) mass is 221 g/mol. The van der Waals surface area contributed by atoms with Crippen LogP contribution in [0.25, 0.3) is 0 Å². The summed E-state index contributed by atoms with van der Waals surface area (Å²) < 4.78 is 0. The standard InChI is InChI=1S/C14H21O2/c1-13(2,3)9-7-10(14(4,5)6)12(16)11(15)8-9/h7-8,11H,1-6H3/q-1. The van der Waals surface area contributed by atoms with Crippen LogP contribution in [0.2, 0.25) is 0 Å². The van der Waals surface area contributed by atoms with E-state index in [0.717, 1.165) is 5.57 Å². The first kappa shape index (κ1) is 13.2. The van der Waals surface area contributed by atoms with Gasteiger partial charge < -0.3 is 5.11 Å². The smallest absolute Gasteiger partial charge is 0.149 e. The van der Waals surface area contributed by atoms with Crippen molar-refractivity contribution >= 4 is 5.78 Å². The quantitative estimate of drug-likeness (QED) is 0.629. The molecule has 1 unspecified atom stereocenters. The van der Waals surface area contributed by atoms with Gasteiger partial charge in [0.2, 0.25) is 0 Å². The summed E-state index contributed by atoms with van der Waals surface area (Å²) >= 11 is 0. The number of rotatable bonds is 0. The van der Waals surface area contributed by atoms with Gasteiger partial charge in [-0.2, -0.15) is 0 Å². The molecule has 2 heteroatoms. The van der Waals surface area contributed by atoms with Gasteiger partial charge in [-0.15, -0.1) is 0 Å². The molecule has 0 saturated carbocycles. The van der Waals surface area contributed by atoms with E-state index >= 15 is 0 Å².